The summed E-state index contributed by atoms with van der Waals surface area (Å²) in [5.41, 5.74) is 2.98. The monoisotopic (exact) mass is 377 g/mol. The number of hydrogen-bond donors (Lipinski definition) is 2. The smallest absolute Gasteiger partial charge is 0.244 e. The second-order valence-corrected chi connectivity index (χ2v) is 8.13. The Bertz CT molecular complexity index is 819. The molecule has 5 nitrogen and oxygen atoms in total. The Morgan fingerprint density at radius 1 is 1.08 bits per heavy atom. The van der Waals surface area contributed by atoms with Crippen molar-refractivity contribution >= 4 is 10.0 Å². The van der Waals surface area contributed by atoms with Gasteiger partial charge in [-0.05, 0) is 61.4 Å². The summed E-state index contributed by atoms with van der Waals surface area (Å²) in [6.07, 6.45) is 1.20. The van der Waals surface area contributed by atoms with Crippen LogP contribution in [-0.2, 0) is 10.0 Å². The van der Waals surface area contributed by atoms with Crippen LogP contribution in [0.5, 0.6) is 5.75 Å². The summed E-state index contributed by atoms with van der Waals surface area (Å²) in [5.74, 6) is 0.445. The summed E-state index contributed by atoms with van der Waals surface area (Å²) in [4.78, 5) is 0.154. The zero-order valence-corrected chi connectivity index (χ0v) is 16.3. The Labute approximate surface area is 156 Å². The Kier molecular flexibility index (Phi) is 7.20. The summed E-state index contributed by atoms with van der Waals surface area (Å²) in [7, 11) is -2.20. The number of nitrogens with one attached hydrogen (secondary N) is 1. The Hall–Kier alpha value is -1.89. The molecule has 0 unspecified atom stereocenters. The van der Waals surface area contributed by atoms with E-state index in [9.17, 15) is 13.5 Å². The van der Waals surface area contributed by atoms with Crippen molar-refractivity contribution in [2.24, 2.45) is 0 Å². The molecule has 0 heterocycles. The lowest BCUT2D eigenvalue weighted by Gasteiger charge is -2.17. The van der Waals surface area contributed by atoms with Crippen LogP contribution in [0.25, 0.3) is 0 Å². The molecule has 0 aliphatic carbocycles. The van der Waals surface area contributed by atoms with Crippen molar-refractivity contribution in [3.63, 3.8) is 0 Å². The van der Waals surface area contributed by atoms with E-state index in [-0.39, 0.29) is 24.0 Å². The molecule has 0 aromatic heterocycles. The highest BCUT2D eigenvalue weighted by molar-refractivity contribution is 7.89. The van der Waals surface area contributed by atoms with E-state index in [4.69, 9.17) is 4.74 Å². The van der Waals surface area contributed by atoms with E-state index in [2.05, 4.69) is 4.72 Å². The highest BCUT2D eigenvalue weighted by atomic mass is 32.2. The number of aryl methyl sites for hydroxylation is 2. The minimum Gasteiger partial charge on any atom is -0.495 e. The number of aliphatic hydroxyl groups excluding tert-OH is 1. The summed E-state index contributed by atoms with van der Waals surface area (Å²) >= 11 is 0. The topological polar surface area (TPSA) is 75.6 Å². The number of rotatable bonds is 9. The average molecular weight is 378 g/mol. The molecule has 1 atom stereocenters. The van der Waals surface area contributed by atoms with E-state index in [0.29, 0.717) is 18.6 Å². The number of ether oxygens (including phenoxy) is 1. The quantitative estimate of drug-likeness (QED) is 0.704. The van der Waals surface area contributed by atoms with Crippen molar-refractivity contribution in [1.29, 1.82) is 0 Å². The fourth-order valence-corrected chi connectivity index (χ4v) is 4.22. The highest BCUT2D eigenvalue weighted by Gasteiger charge is 2.21. The third kappa shape index (κ3) is 5.06. The molecule has 0 fully saturated rings. The zero-order chi connectivity index (χ0) is 19.2. The van der Waals surface area contributed by atoms with E-state index in [0.717, 1.165) is 16.7 Å². The fraction of sp³-hybridized carbons (Fsp3) is 0.400. The van der Waals surface area contributed by atoms with Crippen molar-refractivity contribution < 1.29 is 18.3 Å². The molecule has 0 saturated heterocycles. The number of sulfonamides is 1. The third-order valence-electron chi connectivity index (χ3n) is 4.60. The molecule has 2 N–H and O–H groups in total. The standard InChI is InChI=1S/C20H27NO4S/c1-15-13-19(25-3)20(14-16(15)2)26(23,24)21-11-9-18(10-12-22)17-7-5-4-6-8-17/h4-8,13-14,18,21-22H,9-12H2,1-3H3/t18-/m1/s1. The number of methoxy groups -OCH3 is 1. The summed E-state index contributed by atoms with van der Waals surface area (Å²) in [6, 6.07) is 13.2. The molecule has 0 saturated carbocycles. The summed E-state index contributed by atoms with van der Waals surface area (Å²) in [5, 5.41) is 9.30. The van der Waals surface area contributed by atoms with Crippen LogP contribution in [0.3, 0.4) is 0 Å². The van der Waals surface area contributed by atoms with Gasteiger partial charge in [0, 0.05) is 13.2 Å². The molecule has 0 amide bonds. The second-order valence-electron chi connectivity index (χ2n) is 6.39. The van der Waals surface area contributed by atoms with E-state index in [1.807, 2.05) is 44.2 Å². The largest absolute Gasteiger partial charge is 0.495 e. The molecule has 0 aliphatic rings. The normalized spacial score (nSPS) is 12.8. The minimum atomic E-state index is -3.67. The van der Waals surface area contributed by atoms with Crippen LogP contribution in [-0.4, -0.2) is 33.8 Å². The van der Waals surface area contributed by atoms with Crippen LogP contribution in [0.2, 0.25) is 0 Å². The predicted molar refractivity (Wildman–Crippen MR) is 103 cm³/mol. The first-order valence-corrected chi connectivity index (χ1v) is 10.2. The van der Waals surface area contributed by atoms with Crippen molar-refractivity contribution in [1.82, 2.24) is 4.72 Å². The number of hydrogen-bond acceptors (Lipinski definition) is 4. The van der Waals surface area contributed by atoms with Crippen LogP contribution >= 0.6 is 0 Å². The van der Waals surface area contributed by atoms with E-state index >= 15 is 0 Å². The van der Waals surface area contributed by atoms with Gasteiger partial charge in [-0.15, -0.1) is 0 Å². The van der Waals surface area contributed by atoms with Crippen LogP contribution in [0.1, 0.15) is 35.4 Å². The van der Waals surface area contributed by atoms with E-state index < -0.39 is 10.0 Å². The molecule has 0 bridgehead atoms. The van der Waals surface area contributed by atoms with Gasteiger partial charge in [0.05, 0.1) is 7.11 Å². The van der Waals surface area contributed by atoms with E-state index in [1.54, 1.807) is 12.1 Å². The van der Waals surface area contributed by atoms with Gasteiger partial charge in [0.2, 0.25) is 10.0 Å². The van der Waals surface area contributed by atoms with Gasteiger partial charge in [-0.1, -0.05) is 30.3 Å². The van der Waals surface area contributed by atoms with Crippen molar-refractivity contribution in [3.05, 3.63) is 59.2 Å². The second kappa shape index (κ2) is 9.16. The van der Waals surface area contributed by atoms with Crippen LogP contribution < -0.4 is 9.46 Å². The van der Waals surface area contributed by atoms with Gasteiger partial charge in [0.15, 0.2) is 0 Å². The highest BCUT2D eigenvalue weighted by Crippen LogP contribution is 2.28. The van der Waals surface area contributed by atoms with Crippen molar-refractivity contribution in [2.45, 2.75) is 37.5 Å². The molecule has 2 aromatic rings. The maximum Gasteiger partial charge on any atom is 0.244 e. The Morgan fingerprint density at radius 3 is 2.35 bits per heavy atom. The van der Waals surface area contributed by atoms with Gasteiger partial charge >= 0.3 is 0 Å². The maximum absolute atomic E-state index is 12.7. The first-order valence-electron chi connectivity index (χ1n) is 8.69. The molecular formula is C20H27NO4S. The molecule has 2 aromatic carbocycles. The van der Waals surface area contributed by atoms with Crippen molar-refractivity contribution in [2.75, 3.05) is 20.3 Å². The predicted octanol–water partition coefficient (Wildman–Crippen LogP) is 3.15. The lowest BCUT2D eigenvalue weighted by atomic mass is 9.93. The molecular weight excluding hydrogens is 350 g/mol. The van der Waals surface area contributed by atoms with Gasteiger partial charge in [0.25, 0.3) is 0 Å². The number of benzene rings is 2. The first kappa shape index (κ1) is 20.4. The molecule has 0 spiro atoms. The molecule has 0 aliphatic heterocycles. The minimum absolute atomic E-state index is 0.0668. The molecule has 142 valence electrons. The average Bonchev–Trinajstić information content (AvgIpc) is 2.63. The van der Waals surface area contributed by atoms with Crippen molar-refractivity contribution in [3.8, 4) is 5.75 Å². The Balaban J connectivity index is 2.11. The van der Waals surface area contributed by atoms with Gasteiger partial charge in [-0.3, -0.25) is 0 Å². The zero-order valence-electron chi connectivity index (χ0n) is 15.5. The fourth-order valence-electron chi connectivity index (χ4n) is 2.94. The van der Waals surface area contributed by atoms with Crippen LogP contribution in [0.4, 0.5) is 0 Å². The van der Waals surface area contributed by atoms with E-state index in [1.165, 1.54) is 7.11 Å². The summed E-state index contributed by atoms with van der Waals surface area (Å²) < 4.78 is 33.3. The lowest BCUT2D eigenvalue weighted by molar-refractivity contribution is 0.273. The maximum atomic E-state index is 12.7. The Morgan fingerprint density at radius 2 is 1.73 bits per heavy atom. The molecule has 2 rings (SSSR count). The molecule has 26 heavy (non-hydrogen) atoms. The summed E-state index contributed by atoms with van der Waals surface area (Å²) in [6.45, 7) is 4.15. The van der Waals surface area contributed by atoms with Gasteiger partial charge < -0.3 is 9.84 Å². The van der Waals surface area contributed by atoms with Gasteiger partial charge in [-0.2, -0.15) is 0 Å². The molecule has 0 radical (unpaired) electrons. The third-order valence-corrected chi connectivity index (χ3v) is 6.09. The van der Waals surface area contributed by atoms with Gasteiger partial charge in [-0.25, -0.2) is 13.1 Å². The first-order chi connectivity index (χ1) is 12.4. The lowest BCUT2D eigenvalue weighted by Crippen LogP contribution is -2.26. The van der Waals surface area contributed by atoms with Crippen LogP contribution in [0.15, 0.2) is 47.4 Å². The SMILES string of the molecule is COc1cc(C)c(C)cc1S(=O)(=O)NCC[C@H](CCO)c1ccccc1. The van der Waals surface area contributed by atoms with Gasteiger partial charge in [0.1, 0.15) is 10.6 Å². The molecule has 6 heteroatoms. The van der Waals surface area contributed by atoms with Crippen LogP contribution in [0, 0.1) is 13.8 Å². The number of aliphatic hydroxyl groups is 1.